The normalized spacial score (nSPS) is 14.2. The van der Waals surface area contributed by atoms with E-state index in [9.17, 15) is 19.2 Å². The molecular weight excluding hydrogens is 514 g/mol. The van der Waals surface area contributed by atoms with Gasteiger partial charge >= 0.3 is 6.03 Å². The molecule has 10 nitrogen and oxygen atoms in total. The average Bonchev–Trinajstić information content (AvgIpc) is 2.91. The number of nitrogens with zero attached hydrogens (tertiary/aromatic N) is 1. The van der Waals surface area contributed by atoms with Crippen molar-refractivity contribution >= 4 is 52.8 Å². The van der Waals surface area contributed by atoms with Crippen molar-refractivity contribution in [3.05, 3.63) is 82.9 Å². The van der Waals surface area contributed by atoms with E-state index >= 15 is 0 Å². The summed E-state index contributed by atoms with van der Waals surface area (Å²) in [4.78, 5) is 51.2. The largest absolute Gasteiger partial charge is 0.497 e. The molecule has 194 valence electrons. The number of hydrogen-bond acceptors (Lipinski definition) is 7. The Kier molecular flexibility index (Phi) is 7.93. The van der Waals surface area contributed by atoms with Gasteiger partial charge in [-0.15, -0.1) is 0 Å². The molecule has 1 heterocycles. The van der Waals surface area contributed by atoms with Gasteiger partial charge in [-0.3, -0.25) is 19.7 Å². The molecule has 38 heavy (non-hydrogen) atoms. The number of urea groups is 1. The number of hydrogen-bond donors (Lipinski definition) is 2. The second-order valence-electron chi connectivity index (χ2n) is 7.89. The molecule has 3 aromatic rings. The standard InChI is InChI=1S/C27H22ClN3O7/c1-36-19-10-8-18(9-11-19)31-26(34)20(25(33)30-27(31)35)12-16-13-21(28)24(22(14-16)37-2)38-15-23(32)29-17-6-4-3-5-7-17/h3-14H,15H2,1-2H3,(H,29,32)(H,30,33,35)/b20-12+. The van der Waals surface area contributed by atoms with E-state index in [4.69, 9.17) is 25.8 Å². The quantitative estimate of drug-likeness (QED) is 0.329. The number of rotatable bonds is 8. The lowest BCUT2D eigenvalue weighted by Gasteiger charge is -2.26. The number of imide groups is 2. The van der Waals surface area contributed by atoms with Gasteiger partial charge in [0.2, 0.25) is 0 Å². The van der Waals surface area contributed by atoms with Crippen molar-refractivity contribution in [3.63, 3.8) is 0 Å². The van der Waals surface area contributed by atoms with Crippen molar-refractivity contribution in [1.82, 2.24) is 5.32 Å². The first-order chi connectivity index (χ1) is 18.3. The Bertz CT molecular complexity index is 1420. The van der Waals surface area contributed by atoms with E-state index in [2.05, 4.69) is 10.6 Å². The summed E-state index contributed by atoms with van der Waals surface area (Å²) < 4.78 is 16.0. The number of carbonyl (C=O) groups excluding carboxylic acids is 4. The van der Waals surface area contributed by atoms with Gasteiger partial charge in [0.15, 0.2) is 18.1 Å². The third kappa shape index (κ3) is 5.76. The smallest absolute Gasteiger partial charge is 0.335 e. The molecule has 5 amide bonds. The monoisotopic (exact) mass is 535 g/mol. The van der Waals surface area contributed by atoms with Gasteiger partial charge in [0.1, 0.15) is 11.3 Å². The van der Waals surface area contributed by atoms with E-state index in [1.807, 2.05) is 6.07 Å². The van der Waals surface area contributed by atoms with Crippen molar-refractivity contribution < 1.29 is 33.4 Å². The van der Waals surface area contributed by atoms with Crippen LogP contribution >= 0.6 is 11.6 Å². The summed E-state index contributed by atoms with van der Waals surface area (Å²) in [5.41, 5.74) is 0.892. The van der Waals surface area contributed by atoms with Crippen molar-refractivity contribution in [1.29, 1.82) is 0 Å². The van der Waals surface area contributed by atoms with Crippen LogP contribution in [-0.4, -0.2) is 44.6 Å². The molecule has 0 bridgehead atoms. The van der Waals surface area contributed by atoms with Crippen molar-refractivity contribution in [2.24, 2.45) is 0 Å². The fourth-order valence-corrected chi connectivity index (χ4v) is 3.88. The molecule has 0 unspecified atom stereocenters. The molecule has 4 rings (SSSR count). The number of ether oxygens (including phenoxy) is 3. The zero-order valence-electron chi connectivity index (χ0n) is 20.3. The molecule has 0 radical (unpaired) electrons. The third-order valence-corrected chi connectivity index (χ3v) is 5.68. The highest BCUT2D eigenvalue weighted by molar-refractivity contribution is 6.39. The second kappa shape index (κ2) is 11.5. The molecule has 0 aromatic heterocycles. The molecule has 1 aliphatic rings. The maximum absolute atomic E-state index is 13.2. The van der Waals surface area contributed by atoms with E-state index in [1.54, 1.807) is 36.4 Å². The molecule has 0 saturated carbocycles. The van der Waals surface area contributed by atoms with E-state index in [1.165, 1.54) is 44.6 Å². The molecule has 1 saturated heterocycles. The summed E-state index contributed by atoms with van der Waals surface area (Å²) in [5.74, 6) is -1.28. The Morgan fingerprint density at radius 2 is 1.71 bits per heavy atom. The fraction of sp³-hybridized carbons (Fsp3) is 0.111. The molecule has 0 atom stereocenters. The Morgan fingerprint density at radius 1 is 1.00 bits per heavy atom. The summed E-state index contributed by atoms with van der Waals surface area (Å²) in [5, 5.41) is 4.93. The lowest BCUT2D eigenvalue weighted by atomic mass is 10.1. The number of nitrogens with one attached hydrogen (secondary N) is 2. The Hall–Kier alpha value is -4.83. The molecule has 1 fully saturated rings. The predicted octanol–water partition coefficient (Wildman–Crippen LogP) is 4.04. The molecule has 2 N–H and O–H groups in total. The summed E-state index contributed by atoms with van der Waals surface area (Å²) in [6.07, 6.45) is 1.28. The summed E-state index contributed by atoms with van der Waals surface area (Å²) in [6, 6.07) is 17.1. The topological polar surface area (TPSA) is 123 Å². The molecule has 11 heteroatoms. The van der Waals surface area contributed by atoms with Gasteiger partial charge in [-0.05, 0) is 60.2 Å². The number of methoxy groups -OCH3 is 2. The zero-order chi connectivity index (χ0) is 27.2. The Balaban J connectivity index is 1.56. The molecule has 0 spiro atoms. The number of benzene rings is 3. The first-order valence-electron chi connectivity index (χ1n) is 11.2. The number of barbiturate groups is 1. The van der Waals surface area contributed by atoms with E-state index in [-0.39, 0.29) is 34.4 Å². The number of anilines is 2. The minimum Gasteiger partial charge on any atom is -0.497 e. The number of carbonyl (C=O) groups is 4. The lowest BCUT2D eigenvalue weighted by molar-refractivity contribution is -0.122. The SMILES string of the molecule is COc1ccc(N2C(=O)NC(=O)/C(=C\c3cc(Cl)c(OCC(=O)Nc4ccccc4)c(OC)c3)C2=O)cc1. The molecule has 0 aliphatic carbocycles. The van der Waals surface area contributed by atoms with Gasteiger partial charge in [-0.25, -0.2) is 9.69 Å². The van der Waals surface area contributed by atoms with Crippen LogP contribution < -0.4 is 29.7 Å². The van der Waals surface area contributed by atoms with Gasteiger partial charge in [-0.1, -0.05) is 29.8 Å². The van der Waals surface area contributed by atoms with Crippen LogP contribution in [0.4, 0.5) is 16.2 Å². The Morgan fingerprint density at radius 3 is 2.37 bits per heavy atom. The van der Waals surface area contributed by atoms with Crippen LogP contribution in [-0.2, 0) is 14.4 Å². The highest BCUT2D eigenvalue weighted by Crippen LogP contribution is 2.37. The first kappa shape index (κ1) is 26.2. The summed E-state index contributed by atoms with van der Waals surface area (Å²) >= 11 is 6.40. The maximum Gasteiger partial charge on any atom is 0.335 e. The van der Waals surface area contributed by atoms with Gasteiger partial charge in [0.25, 0.3) is 17.7 Å². The maximum atomic E-state index is 13.2. The number of amides is 5. The Labute approximate surface area is 222 Å². The minimum atomic E-state index is -0.879. The summed E-state index contributed by atoms with van der Waals surface area (Å²) in [6.45, 7) is -0.342. The number of halogens is 1. The van der Waals surface area contributed by atoms with Crippen molar-refractivity contribution in [3.8, 4) is 17.2 Å². The van der Waals surface area contributed by atoms with Crippen molar-refractivity contribution in [2.45, 2.75) is 0 Å². The third-order valence-electron chi connectivity index (χ3n) is 5.40. The highest BCUT2D eigenvalue weighted by atomic mass is 35.5. The van der Waals surface area contributed by atoms with Crippen LogP contribution in [0.25, 0.3) is 6.08 Å². The zero-order valence-corrected chi connectivity index (χ0v) is 21.1. The second-order valence-corrected chi connectivity index (χ2v) is 8.30. The van der Waals surface area contributed by atoms with Crippen molar-refractivity contribution in [2.75, 3.05) is 31.0 Å². The van der Waals surface area contributed by atoms with Crippen LogP contribution in [0.1, 0.15) is 5.56 Å². The van der Waals surface area contributed by atoms with Gasteiger partial charge in [-0.2, -0.15) is 0 Å². The van der Waals surface area contributed by atoms with E-state index in [0.29, 0.717) is 17.0 Å². The highest BCUT2D eigenvalue weighted by Gasteiger charge is 2.37. The minimum absolute atomic E-state index is 0.0791. The number of para-hydroxylation sites is 1. The van der Waals surface area contributed by atoms with Gasteiger partial charge in [0, 0.05) is 5.69 Å². The molecule has 1 aliphatic heterocycles. The molecule has 3 aromatic carbocycles. The van der Waals surface area contributed by atoms with Gasteiger partial charge < -0.3 is 19.5 Å². The van der Waals surface area contributed by atoms with Crippen LogP contribution in [0.15, 0.2) is 72.3 Å². The average molecular weight is 536 g/mol. The fourth-order valence-electron chi connectivity index (χ4n) is 3.61. The van der Waals surface area contributed by atoms with E-state index < -0.39 is 23.8 Å². The van der Waals surface area contributed by atoms with Crippen LogP contribution in [0.3, 0.4) is 0 Å². The van der Waals surface area contributed by atoms with E-state index in [0.717, 1.165) is 4.90 Å². The van der Waals surface area contributed by atoms with Gasteiger partial charge in [0.05, 0.1) is 24.9 Å². The lowest BCUT2D eigenvalue weighted by Crippen LogP contribution is -2.54. The first-order valence-corrected chi connectivity index (χ1v) is 11.6. The predicted molar refractivity (Wildman–Crippen MR) is 141 cm³/mol. The summed E-state index contributed by atoms with van der Waals surface area (Å²) in [7, 11) is 2.87. The molecular formula is C27H22ClN3O7. The van der Waals surface area contributed by atoms with Crippen LogP contribution in [0.2, 0.25) is 5.02 Å². The van der Waals surface area contributed by atoms with Crippen LogP contribution in [0, 0.1) is 0 Å². The van der Waals surface area contributed by atoms with Crippen LogP contribution in [0.5, 0.6) is 17.2 Å².